The van der Waals surface area contributed by atoms with Crippen LogP contribution in [0.5, 0.6) is 0 Å². The zero-order chi connectivity index (χ0) is 17.8. The number of rotatable bonds is 6. The summed E-state index contributed by atoms with van der Waals surface area (Å²) in [7, 11) is 1.33. The number of benzene rings is 1. The standard InChI is InChI=1S/C18H17N3O4/c1-25-18(22)14-4-5-17-16(9-14)15(6-8-21(23)24)12-20(17)11-13-3-2-7-19-10-13/h2-5,7,9-10,12H,6,8,11H2,1H3. The van der Waals surface area contributed by atoms with E-state index in [0.29, 0.717) is 18.5 Å². The topological polar surface area (TPSA) is 87.3 Å². The second-order valence-electron chi connectivity index (χ2n) is 5.67. The zero-order valence-electron chi connectivity index (χ0n) is 13.7. The van der Waals surface area contributed by atoms with Crippen molar-refractivity contribution >= 4 is 16.9 Å². The maximum Gasteiger partial charge on any atom is 0.337 e. The van der Waals surface area contributed by atoms with Crippen LogP contribution in [-0.2, 0) is 17.7 Å². The lowest BCUT2D eigenvalue weighted by atomic mass is 10.1. The molecule has 0 aliphatic rings. The Morgan fingerprint density at radius 2 is 2.20 bits per heavy atom. The molecular weight excluding hydrogens is 322 g/mol. The molecule has 7 nitrogen and oxygen atoms in total. The number of aromatic nitrogens is 2. The molecule has 0 saturated heterocycles. The van der Waals surface area contributed by atoms with Crippen LogP contribution in [0.4, 0.5) is 0 Å². The minimum absolute atomic E-state index is 0.158. The predicted molar refractivity (Wildman–Crippen MR) is 92.2 cm³/mol. The van der Waals surface area contributed by atoms with Gasteiger partial charge in [0.05, 0.1) is 12.7 Å². The van der Waals surface area contributed by atoms with Crippen LogP contribution in [0.2, 0.25) is 0 Å². The van der Waals surface area contributed by atoms with Gasteiger partial charge in [0.1, 0.15) is 0 Å². The van der Waals surface area contributed by atoms with Crippen molar-refractivity contribution in [3.8, 4) is 0 Å². The van der Waals surface area contributed by atoms with Gasteiger partial charge in [-0.25, -0.2) is 4.79 Å². The molecule has 0 bridgehead atoms. The molecule has 0 atom stereocenters. The zero-order valence-corrected chi connectivity index (χ0v) is 13.7. The van der Waals surface area contributed by atoms with Crippen molar-refractivity contribution in [1.29, 1.82) is 0 Å². The van der Waals surface area contributed by atoms with Crippen molar-refractivity contribution in [3.63, 3.8) is 0 Å². The Bertz CT molecular complexity index is 919. The van der Waals surface area contributed by atoms with Crippen LogP contribution >= 0.6 is 0 Å². The molecule has 7 heteroatoms. The molecule has 0 radical (unpaired) electrons. The van der Waals surface area contributed by atoms with Gasteiger partial charge in [-0.05, 0) is 35.4 Å². The molecule has 0 aliphatic heterocycles. The number of nitro groups is 1. The van der Waals surface area contributed by atoms with E-state index in [1.54, 1.807) is 24.5 Å². The largest absolute Gasteiger partial charge is 0.465 e. The van der Waals surface area contributed by atoms with Gasteiger partial charge >= 0.3 is 5.97 Å². The SMILES string of the molecule is COC(=O)c1ccc2c(c1)c(CC[N+](=O)[O-])cn2Cc1cccnc1. The summed E-state index contributed by atoms with van der Waals surface area (Å²) in [5.74, 6) is -0.429. The number of fused-ring (bicyclic) bond motifs is 1. The first kappa shape index (κ1) is 16.6. The van der Waals surface area contributed by atoms with E-state index in [-0.39, 0.29) is 11.5 Å². The lowest BCUT2D eigenvalue weighted by molar-refractivity contribution is -0.479. The van der Waals surface area contributed by atoms with Gasteiger partial charge in [-0.2, -0.15) is 0 Å². The molecule has 0 unspecified atom stereocenters. The summed E-state index contributed by atoms with van der Waals surface area (Å²) in [6, 6.07) is 9.11. The van der Waals surface area contributed by atoms with Gasteiger partial charge in [0.2, 0.25) is 6.54 Å². The molecule has 25 heavy (non-hydrogen) atoms. The van der Waals surface area contributed by atoms with Crippen molar-refractivity contribution in [1.82, 2.24) is 9.55 Å². The van der Waals surface area contributed by atoms with Gasteiger partial charge in [0.15, 0.2) is 0 Å². The molecule has 2 heterocycles. The number of carbonyl (C=O) groups is 1. The van der Waals surface area contributed by atoms with Gasteiger partial charge in [-0.15, -0.1) is 0 Å². The highest BCUT2D eigenvalue weighted by Crippen LogP contribution is 2.25. The fourth-order valence-electron chi connectivity index (χ4n) is 2.85. The van der Waals surface area contributed by atoms with Crippen molar-refractivity contribution in [2.24, 2.45) is 0 Å². The van der Waals surface area contributed by atoms with E-state index in [1.807, 2.05) is 29.0 Å². The van der Waals surface area contributed by atoms with E-state index in [9.17, 15) is 14.9 Å². The second-order valence-corrected chi connectivity index (χ2v) is 5.67. The fraction of sp³-hybridized carbons (Fsp3) is 0.222. The summed E-state index contributed by atoms with van der Waals surface area (Å²) in [5, 5.41) is 11.6. The van der Waals surface area contributed by atoms with E-state index in [1.165, 1.54) is 7.11 Å². The molecule has 0 spiro atoms. The van der Waals surface area contributed by atoms with Gasteiger partial charge < -0.3 is 9.30 Å². The van der Waals surface area contributed by atoms with E-state index in [4.69, 9.17) is 4.74 Å². The molecule has 0 aliphatic carbocycles. The van der Waals surface area contributed by atoms with Crippen molar-refractivity contribution < 1.29 is 14.5 Å². The van der Waals surface area contributed by atoms with Crippen molar-refractivity contribution in [3.05, 3.63) is 75.7 Å². The minimum atomic E-state index is -0.429. The smallest absolute Gasteiger partial charge is 0.337 e. The quantitative estimate of drug-likeness (QED) is 0.391. The van der Waals surface area contributed by atoms with Crippen LogP contribution in [0, 0.1) is 10.1 Å². The van der Waals surface area contributed by atoms with E-state index < -0.39 is 5.97 Å². The molecule has 2 aromatic heterocycles. The normalized spacial score (nSPS) is 10.8. The Morgan fingerprint density at radius 3 is 2.88 bits per heavy atom. The lowest BCUT2D eigenvalue weighted by Gasteiger charge is -2.06. The predicted octanol–water partition coefficient (Wildman–Crippen LogP) is 2.69. The molecule has 0 N–H and O–H groups in total. The summed E-state index contributed by atoms with van der Waals surface area (Å²) in [6.45, 7) is 0.439. The number of hydrogen-bond donors (Lipinski definition) is 0. The van der Waals surface area contributed by atoms with Gasteiger partial charge in [-0.3, -0.25) is 15.1 Å². The molecule has 3 aromatic rings. The maximum atomic E-state index is 11.8. The summed E-state index contributed by atoms with van der Waals surface area (Å²) < 4.78 is 6.78. The lowest BCUT2D eigenvalue weighted by Crippen LogP contribution is -2.04. The van der Waals surface area contributed by atoms with Crippen LogP contribution in [0.1, 0.15) is 21.5 Å². The summed E-state index contributed by atoms with van der Waals surface area (Å²) in [6.07, 6.45) is 5.70. The first-order valence-electron chi connectivity index (χ1n) is 7.79. The Balaban J connectivity index is 2.04. The molecular formula is C18H17N3O4. The molecule has 0 amide bonds. The monoisotopic (exact) mass is 339 g/mol. The number of ether oxygens (including phenoxy) is 1. The number of hydrogen-bond acceptors (Lipinski definition) is 5. The second kappa shape index (κ2) is 7.12. The van der Waals surface area contributed by atoms with E-state index in [0.717, 1.165) is 22.0 Å². The molecule has 0 saturated carbocycles. The molecule has 1 aromatic carbocycles. The highest BCUT2D eigenvalue weighted by atomic mass is 16.6. The van der Waals surface area contributed by atoms with Crippen LogP contribution in [0.25, 0.3) is 10.9 Å². The highest BCUT2D eigenvalue weighted by molar-refractivity contribution is 5.96. The Morgan fingerprint density at radius 1 is 1.36 bits per heavy atom. The number of pyridine rings is 1. The average Bonchev–Trinajstić information content (AvgIpc) is 2.97. The van der Waals surface area contributed by atoms with Gasteiger partial charge in [0, 0.05) is 47.4 Å². The Hall–Kier alpha value is -3.22. The molecule has 0 fully saturated rings. The summed E-state index contributed by atoms with van der Waals surface area (Å²) >= 11 is 0. The summed E-state index contributed by atoms with van der Waals surface area (Å²) in [4.78, 5) is 26.3. The van der Waals surface area contributed by atoms with Crippen LogP contribution < -0.4 is 0 Å². The van der Waals surface area contributed by atoms with Gasteiger partial charge in [-0.1, -0.05) is 6.07 Å². The van der Waals surface area contributed by atoms with Crippen LogP contribution in [0.15, 0.2) is 48.9 Å². The van der Waals surface area contributed by atoms with Crippen LogP contribution in [0.3, 0.4) is 0 Å². The number of esters is 1. The third-order valence-corrected chi connectivity index (χ3v) is 4.02. The maximum absolute atomic E-state index is 11.8. The number of nitrogens with zero attached hydrogens (tertiary/aromatic N) is 3. The first-order chi connectivity index (χ1) is 12.1. The fourth-order valence-corrected chi connectivity index (χ4v) is 2.85. The third kappa shape index (κ3) is 3.65. The molecule has 3 rings (SSSR count). The van der Waals surface area contributed by atoms with Crippen molar-refractivity contribution in [2.45, 2.75) is 13.0 Å². The van der Waals surface area contributed by atoms with Crippen molar-refractivity contribution in [2.75, 3.05) is 13.7 Å². The van der Waals surface area contributed by atoms with Crippen LogP contribution in [-0.4, -0.2) is 34.1 Å². The highest BCUT2D eigenvalue weighted by Gasteiger charge is 2.14. The number of methoxy groups -OCH3 is 1. The van der Waals surface area contributed by atoms with Gasteiger partial charge in [0.25, 0.3) is 0 Å². The number of carbonyl (C=O) groups excluding carboxylic acids is 1. The summed E-state index contributed by atoms with van der Waals surface area (Å²) in [5.41, 5.74) is 3.20. The Kier molecular flexibility index (Phi) is 4.74. The Labute approximate surface area is 144 Å². The minimum Gasteiger partial charge on any atom is -0.465 e. The van der Waals surface area contributed by atoms with E-state index in [2.05, 4.69) is 4.98 Å². The van der Waals surface area contributed by atoms with E-state index >= 15 is 0 Å². The average molecular weight is 339 g/mol. The molecule has 128 valence electrons. The first-order valence-corrected chi connectivity index (χ1v) is 7.79. The third-order valence-electron chi connectivity index (χ3n) is 4.02.